The van der Waals surface area contributed by atoms with Crippen molar-refractivity contribution >= 4 is 11.8 Å². The Labute approximate surface area is 121 Å². The van der Waals surface area contributed by atoms with Crippen molar-refractivity contribution in [3.05, 3.63) is 35.4 Å². The molecule has 2 aliphatic rings. The molecule has 104 valence electrons. The highest BCUT2D eigenvalue weighted by Gasteiger charge is 2.30. The van der Waals surface area contributed by atoms with Gasteiger partial charge in [0.2, 0.25) is 0 Å². The van der Waals surface area contributed by atoms with Gasteiger partial charge in [0, 0.05) is 25.7 Å². The Balaban J connectivity index is 1.90. The lowest BCUT2D eigenvalue weighted by atomic mass is 9.73. The third kappa shape index (κ3) is 2.45. The molecule has 2 nitrogen and oxygen atoms in total. The van der Waals surface area contributed by atoms with E-state index in [2.05, 4.69) is 48.4 Å². The molecular weight excluding hydrogens is 244 g/mol. The maximum absolute atomic E-state index is 9.06. The van der Waals surface area contributed by atoms with Gasteiger partial charge in [0.25, 0.3) is 0 Å². The Morgan fingerprint density at radius 2 is 2.05 bits per heavy atom. The Bertz CT molecular complexity index is 553. The summed E-state index contributed by atoms with van der Waals surface area (Å²) in [7, 11) is 2.17. The number of hydrogen-bond donors (Lipinski definition) is 0. The van der Waals surface area contributed by atoms with Crippen LogP contribution in [0.25, 0.3) is 6.08 Å². The second kappa shape index (κ2) is 5.71. The fourth-order valence-corrected chi connectivity index (χ4v) is 3.84. The molecule has 1 saturated carbocycles. The molecule has 1 heterocycles. The van der Waals surface area contributed by atoms with Gasteiger partial charge in [-0.25, -0.2) is 0 Å². The number of anilines is 1. The predicted octanol–water partition coefficient (Wildman–Crippen LogP) is 4.24. The minimum atomic E-state index is 0.568. The third-order valence-electron chi connectivity index (χ3n) is 4.85. The third-order valence-corrected chi connectivity index (χ3v) is 4.85. The summed E-state index contributed by atoms with van der Waals surface area (Å²) in [5.41, 5.74) is 4.19. The zero-order chi connectivity index (χ0) is 13.9. The van der Waals surface area contributed by atoms with Gasteiger partial charge >= 0.3 is 0 Å². The second-order valence-electron chi connectivity index (χ2n) is 6.15. The molecular formula is C18H22N2. The largest absolute Gasteiger partial charge is 0.370 e. The van der Waals surface area contributed by atoms with E-state index in [1.807, 2.05) is 0 Å². The maximum atomic E-state index is 9.06. The van der Waals surface area contributed by atoms with E-state index in [-0.39, 0.29) is 0 Å². The molecule has 1 fully saturated rings. The first-order valence-electron chi connectivity index (χ1n) is 7.67. The molecule has 0 radical (unpaired) electrons. The minimum absolute atomic E-state index is 0.568. The number of hydrogen-bond acceptors (Lipinski definition) is 2. The molecule has 20 heavy (non-hydrogen) atoms. The maximum Gasteiger partial charge on any atom is 0.0624 e. The predicted molar refractivity (Wildman–Crippen MR) is 83.4 cm³/mol. The molecule has 0 bridgehead atoms. The fraction of sp³-hybridized carbons (Fsp3) is 0.500. The monoisotopic (exact) mass is 266 g/mol. The highest BCUT2D eigenvalue weighted by molar-refractivity contribution is 5.73. The van der Waals surface area contributed by atoms with Crippen LogP contribution >= 0.6 is 0 Å². The van der Waals surface area contributed by atoms with Crippen LogP contribution in [0.3, 0.4) is 0 Å². The Hall–Kier alpha value is -1.75. The first-order valence-corrected chi connectivity index (χ1v) is 7.67. The van der Waals surface area contributed by atoms with Gasteiger partial charge in [0.05, 0.1) is 6.07 Å². The van der Waals surface area contributed by atoms with Crippen molar-refractivity contribution in [2.45, 2.75) is 32.1 Å². The van der Waals surface area contributed by atoms with Crippen LogP contribution in [0.5, 0.6) is 0 Å². The second-order valence-corrected chi connectivity index (χ2v) is 6.15. The summed E-state index contributed by atoms with van der Waals surface area (Å²) >= 11 is 0. The highest BCUT2D eigenvalue weighted by atomic mass is 15.1. The van der Waals surface area contributed by atoms with Crippen molar-refractivity contribution in [3.63, 3.8) is 0 Å². The van der Waals surface area contributed by atoms with Crippen LogP contribution in [0.2, 0.25) is 0 Å². The van der Waals surface area contributed by atoms with Crippen LogP contribution in [0.1, 0.15) is 37.7 Å². The first-order chi connectivity index (χ1) is 9.79. The van der Waals surface area contributed by atoms with Crippen LogP contribution < -0.4 is 4.90 Å². The van der Waals surface area contributed by atoms with Crippen LogP contribution in [0, 0.1) is 23.2 Å². The Morgan fingerprint density at radius 1 is 1.25 bits per heavy atom. The zero-order valence-electron chi connectivity index (χ0n) is 12.2. The number of fused-ring (bicyclic) bond motifs is 1. The van der Waals surface area contributed by atoms with Crippen molar-refractivity contribution in [2.75, 3.05) is 18.5 Å². The van der Waals surface area contributed by atoms with Crippen LogP contribution in [-0.4, -0.2) is 13.6 Å². The topological polar surface area (TPSA) is 27.0 Å². The molecule has 1 aliphatic heterocycles. The van der Waals surface area contributed by atoms with Crippen molar-refractivity contribution in [1.29, 1.82) is 5.26 Å². The molecule has 2 heteroatoms. The molecule has 0 N–H and O–H groups in total. The SMILES string of the molecule is CN1CC([C@@H]2CCCC[C@H]2CC#N)=Cc2ccccc21. The molecule has 0 amide bonds. The Morgan fingerprint density at radius 3 is 2.90 bits per heavy atom. The summed E-state index contributed by atoms with van der Waals surface area (Å²) in [4.78, 5) is 2.35. The van der Waals surface area contributed by atoms with E-state index in [0.717, 1.165) is 6.54 Å². The quantitative estimate of drug-likeness (QED) is 0.800. The van der Waals surface area contributed by atoms with Gasteiger partial charge in [0.15, 0.2) is 0 Å². The summed E-state index contributed by atoms with van der Waals surface area (Å²) in [6.07, 6.45) is 8.19. The van der Waals surface area contributed by atoms with Crippen LogP contribution in [0.15, 0.2) is 29.8 Å². The molecule has 0 spiro atoms. The molecule has 1 aromatic carbocycles. The van der Waals surface area contributed by atoms with Crippen molar-refractivity contribution in [3.8, 4) is 6.07 Å². The summed E-state index contributed by atoms with van der Waals surface area (Å²) in [6.45, 7) is 1.02. The summed E-state index contributed by atoms with van der Waals surface area (Å²) < 4.78 is 0. The van der Waals surface area contributed by atoms with Gasteiger partial charge in [-0.15, -0.1) is 0 Å². The number of likely N-dealkylation sites (N-methyl/N-ethyl adjacent to an activating group) is 1. The Kier molecular flexibility index (Phi) is 3.78. The van der Waals surface area contributed by atoms with Gasteiger partial charge in [0.1, 0.15) is 0 Å². The molecule has 2 atom stereocenters. The summed E-state index contributed by atoms with van der Waals surface area (Å²) in [5.74, 6) is 1.18. The highest BCUT2D eigenvalue weighted by Crippen LogP contribution is 2.40. The average molecular weight is 266 g/mol. The minimum Gasteiger partial charge on any atom is -0.370 e. The molecule has 1 aliphatic carbocycles. The van der Waals surface area contributed by atoms with E-state index in [4.69, 9.17) is 5.26 Å². The zero-order valence-corrected chi connectivity index (χ0v) is 12.2. The van der Waals surface area contributed by atoms with E-state index >= 15 is 0 Å². The summed E-state index contributed by atoms with van der Waals surface area (Å²) in [6, 6.07) is 11.0. The lowest BCUT2D eigenvalue weighted by molar-refractivity contribution is 0.274. The smallest absolute Gasteiger partial charge is 0.0624 e. The molecule has 0 unspecified atom stereocenters. The van der Waals surface area contributed by atoms with Gasteiger partial charge in [-0.05, 0) is 41.9 Å². The van der Waals surface area contributed by atoms with E-state index in [1.165, 1.54) is 42.5 Å². The normalized spacial score (nSPS) is 25.6. The number of nitriles is 1. The summed E-state index contributed by atoms with van der Waals surface area (Å²) in [5, 5.41) is 9.06. The lowest BCUT2D eigenvalue weighted by Gasteiger charge is -2.37. The number of benzene rings is 1. The van der Waals surface area contributed by atoms with Gasteiger partial charge in [-0.2, -0.15) is 5.26 Å². The molecule has 0 saturated heterocycles. The molecule has 3 rings (SSSR count). The lowest BCUT2D eigenvalue weighted by Crippen LogP contribution is -2.31. The first kappa shape index (κ1) is 13.2. The molecule has 1 aromatic rings. The number of nitrogens with zero attached hydrogens (tertiary/aromatic N) is 2. The molecule has 0 aromatic heterocycles. The van der Waals surface area contributed by atoms with Crippen molar-refractivity contribution in [1.82, 2.24) is 0 Å². The number of rotatable bonds is 2. The van der Waals surface area contributed by atoms with Crippen molar-refractivity contribution < 1.29 is 0 Å². The average Bonchev–Trinajstić information content (AvgIpc) is 2.48. The van der Waals surface area contributed by atoms with E-state index in [9.17, 15) is 0 Å². The van der Waals surface area contributed by atoms with Gasteiger partial charge in [-0.3, -0.25) is 0 Å². The van der Waals surface area contributed by atoms with Crippen molar-refractivity contribution in [2.24, 2.45) is 11.8 Å². The number of para-hydroxylation sites is 1. The van der Waals surface area contributed by atoms with Gasteiger partial charge in [-0.1, -0.05) is 37.1 Å². The van der Waals surface area contributed by atoms with Gasteiger partial charge < -0.3 is 4.90 Å². The van der Waals surface area contributed by atoms with E-state index < -0.39 is 0 Å². The van der Waals surface area contributed by atoms with Crippen LogP contribution in [0.4, 0.5) is 5.69 Å². The van der Waals surface area contributed by atoms with E-state index in [1.54, 1.807) is 0 Å². The standard InChI is InChI=1S/C18H22N2/c1-20-13-16(12-15-7-3-5-9-18(15)20)17-8-4-2-6-14(17)10-11-19/h3,5,7,9,12,14,17H,2,4,6,8,10,13H2,1H3/t14-,17+/m0/s1. The van der Waals surface area contributed by atoms with Crippen LogP contribution in [-0.2, 0) is 0 Å². The van der Waals surface area contributed by atoms with E-state index in [0.29, 0.717) is 18.3 Å². The fourth-order valence-electron chi connectivity index (χ4n) is 3.84.